The molecule has 0 radical (unpaired) electrons. The van der Waals surface area contributed by atoms with Crippen LogP contribution in [0.2, 0.25) is 10.0 Å². The number of hydrogen-bond acceptors (Lipinski definition) is 2. The predicted molar refractivity (Wildman–Crippen MR) is 106 cm³/mol. The van der Waals surface area contributed by atoms with Gasteiger partial charge in [0.15, 0.2) is 6.54 Å². The van der Waals surface area contributed by atoms with E-state index in [9.17, 15) is 4.79 Å². The Hall–Kier alpha value is -2.10. The number of piperazine rings is 1. The molecule has 1 aliphatic heterocycles. The minimum absolute atomic E-state index is 0.0927. The van der Waals surface area contributed by atoms with E-state index in [1.807, 2.05) is 12.1 Å². The van der Waals surface area contributed by atoms with Crippen LogP contribution in [-0.2, 0) is 11.3 Å². The summed E-state index contributed by atoms with van der Waals surface area (Å²) in [4.78, 5) is 15.1. The Kier molecular flexibility index (Phi) is 6.70. The summed E-state index contributed by atoms with van der Waals surface area (Å²) in [5.41, 5.74) is 2.17. The Balaban J connectivity index is 1.47. The number of halogens is 2. The second-order valence-electron chi connectivity index (χ2n) is 6.83. The molecule has 1 saturated heterocycles. The fourth-order valence-corrected chi connectivity index (χ4v) is 3.64. The minimum atomic E-state index is -0.0927. The van der Waals surface area contributed by atoms with Crippen molar-refractivity contribution in [3.63, 3.8) is 0 Å². The van der Waals surface area contributed by atoms with Crippen molar-refractivity contribution >= 4 is 34.8 Å². The molecule has 0 aliphatic carbocycles. The molecule has 1 fully saturated rings. The maximum absolute atomic E-state index is 12.4. The van der Waals surface area contributed by atoms with E-state index < -0.39 is 0 Å². The lowest BCUT2D eigenvalue weighted by Crippen LogP contribution is -3.28. The molecule has 0 bridgehead atoms. The average Bonchev–Trinajstić information content (AvgIpc) is 2.65. The number of nitriles is 1. The lowest BCUT2D eigenvalue weighted by molar-refractivity contribution is -1.02. The van der Waals surface area contributed by atoms with E-state index in [4.69, 9.17) is 28.5 Å². The highest BCUT2D eigenvalue weighted by Crippen LogP contribution is 2.20. The number of benzene rings is 2. The monoisotopic (exact) mass is 404 g/mol. The van der Waals surface area contributed by atoms with Gasteiger partial charge in [-0.2, -0.15) is 5.26 Å². The zero-order valence-electron chi connectivity index (χ0n) is 14.9. The summed E-state index contributed by atoms with van der Waals surface area (Å²) in [7, 11) is 0. The fourth-order valence-electron chi connectivity index (χ4n) is 3.34. The molecule has 3 rings (SSSR count). The van der Waals surface area contributed by atoms with Crippen molar-refractivity contribution in [3.8, 4) is 6.07 Å². The highest BCUT2D eigenvalue weighted by molar-refractivity contribution is 6.31. The van der Waals surface area contributed by atoms with Gasteiger partial charge in [-0.3, -0.25) is 4.79 Å². The molecule has 7 heteroatoms. The van der Waals surface area contributed by atoms with E-state index >= 15 is 0 Å². The minimum Gasteiger partial charge on any atom is -0.322 e. The summed E-state index contributed by atoms with van der Waals surface area (Å²) in [5, 5.41) is 13.2. The molecule has 5 nitrogen and oxygen atoms in total. The molecule has 0 spiro atoms. The molecule has 140 valence electrons. The number of anilines is 1. The van der Waals surface area contributed by atoms with Gasteiger partial charge in [0.2, 0.25) is 0 Å². The maximum atomic E-state index is 12.4. The summed E-state index contributed by atoms with van der Waals surface area (Å²) >= 11 is 11.9. The van der Waals surface area contributed by atoms with Crippen molar-refractivity contribution in [3.05, 3.63) is 63.6 Å². The van der Waals surface area contributed by atoms with Gasteiger partial charge < -0.3 is 15.1 Å². The van der Waals surface area contributed by atoms with Crippen molar-refractivity contribution in [2.45, 2.75) is 6.54 Å². The number of carbonyl (C=O) groups excluding carboxylic acids is 1. The Labute approximate surface area is 169 Å². The van der Waals surface area contributed by atoms with Gasteiger partial charge in [0.25, 0.3) is 5.91 Å². The first-order valence-electron chi connectivity index (χ1n) is 8.94. The molecule has 1 heterocycles. The lowest BCUT2D eigenvalue weighted by atomic mass is 10.2. The number of hydrogen-bond donors (Lipinski definition) is 3. The van der Waals surface area contributed by atoms with Crippen LogP contribution in [0.3, 0.4) is 0 Å². The maximum Gasteiger partial charge on any atom is 0.279 e. The molecule has 3 N–H and O–H groups in total. The fraction of sp³-hybridized carbons (Fsp3) is 0.300. The summed E-state index contributed by atoms with van der Waals surface area (Å²) in [5.74, 6) is -0.0927. The third-order valence-corrected chi connectivity index (χ3v) is 5.31. The number of nitrogens with zero attached hydrogens (tertiary/aromatic N) is 1. The van der Waals surface area contributed by atoms with Crippen LogP contribution in [0.5, 0.6) is 0 Å². The molecular weight excluding hydrogens is 383 g/mol. The van der Waals surface area contributed by atoms with Crippen LogP contribution in [0.15, 0.2) is 42.5 Å². The molecule has 2 aromatic carbocycles. The highest BCUT2D eigenvalue weighted by Gasteiger charge is 2.25. The predicted octanol–water partition coefficient (Wildman–Crippen LogP) is 0.787. The van der Waals surface area contributed by atoms with Gasteiger partial charge in [-0.15, -0.1) is 0 Å². The molecule has 0 aromatic heterocycles. The first kappa shape index (κ1) is 19.7. The molecule has 0 atom stereocenters. The van der Waals surface area contributed by atoms with Gasteiger partial charge in [-0.1, -0.05) is 35.3 Å². The third-order valence-electron chi connectivity index (χ3n) is 4.82. The van der Waals surface area contributed by atoms with Crippen molar-refractivity contribution in [2.24, 2.45) is 0 Å². The Bertz CT molecular complexity index is 840. The molecule has 0 saturated carbocycles. The van der Waals surface area contributed by atoms with Gasteiger partial charge in [0, 0.05) is 15.6 Å². The molecule has 2 aromatic rings. The first-order chi connectivity index (χ1) is 13.0. The van der Waals surface area contributed by atoms with Crippen molar-refractivity contribution < 1.29 is 14.6 Å². The Morgan fingerprint density at radius 1 is 1.00 bits per heavy atom. The van der Waals surface area contributed by atoms with E-state index in [2.05, 4.69) is 23.5 Å². The van der Waals surface area contributed by atoms with Gasteiger partial charge >= 0.3 is 0 Å². The first-order valence-corrected chi connectivity index (χ1v) is 9.70. The second-order valence-corrected chi connectivity index (χ2v) is 7.70. The topological polar surface area (TPSA) is 61.8 Å². The zero-order valence-corrected chi connectivity index (χ0v) is 16.4. The standard InChI is InChI=1S/C20H20Cl2N4O/c21-17-4-1-15(2-5-17)13-25-7-9-26(10-8-25)14-20(27)24-19-11-18(22)6-3-16(19)12-23/h1-6,11H,7-10,13-14H2,(H,24,27)/p+2. The van der Waals surface area contributed by atoms with Crippen LogP contribution < -0.4 is 15.1 Å². The van der Waals surface area contributed by atoms with Crippen molar-refractivity contribution in [2.75, 3.05) is 38.0 Å². The van der Waals surface area contributed by atoms with E-state index in [1.54, 1.807) is 18.2 Å². The van der Waals surface area contributed by atoms with Crippen LogP contribution >= 0.6 is 23.2 Å². The highest BCUT2D eigenvalue weighted by atomic mass is 35.5. The quantitative estimate of drug-likeness (QED) is 0.689. The Morgan fingerprint density at radius 2 is 1.63 bits per heavy atom. The van der Waals surface area contributed by atoms with Crippen LogP contribution in [0.25, 0.3) is 0 Å². The molecule has 1 amide bonds. The number of carbonyl (C=O) groups is 1. The average molecular weight is 405 g/mol. The van der Waals surface area contributed by atoms with Gasteiger partial charge in [0.1, 0.15) is 38.8 Å². The van der Waals surface area contributed by atoms with E-state index in [0.717, 1.165) is 37.7 Å². The number of nitrogens with one attached hydrogen (secondary N) is 3. The number of amides is 1. The van der Waals surface area contributed by atoms with Crippen molar-refractivity contribution in [1.82, 2.24) is 0 Å². The van der Waals surface area contributed by atoms with E-state index in [-0.39, 0.29) is 5.91 Å². The lowest BCUT2D eigenvalue weighted by Gasteiger charge is -2.29. The van der Waals surface area contributed by atoms with Crippen molar-refractivity contribution in [1.29, 1.82) is 5.26 Å². The second kappa shape index (κ2) is 9.20. The number of rotatable bonds is 5. The largest absolute Gasteiger partial charge is 0.322 e. The van der Waals surface area contributed by atoms with E-state index in [1.165, 1.54) is 15.4 Å². The van der Waals surface area contributed by atoms with E-state index in [0.29, 0.717) is 22.8 Å². The molecular formula is C20H22Cl2N4O+2. The smallest absolute Gasteiger partial charge is 0.279 e. The van der Waals surface area contributed by atoms with Gasteiger partial charge in [0.05, 0.1) is 11.3 Å². The summed E-state index contributed by atoms with van der Waals surface area (Å²) in [6, 6.07) is 14.9. The third kappa shape index (κ3) is 5.69. The van der Waals surface area contributed by atoms with Crippen LogP contribution in [0.4, 0.5) is 5.69 Å². The van der Waals surface area contributed by atoms with Gasteiger partial charge in [-0.05, 0) is 30.3 Å². The normalized spacial score (nSPS) is 19.3. The zero-order chi connectivity index (χ0) is 19.2. The Morgan fingerprint density at radius 3 is 2.30 bits per heavy atom. The SMILES string of the molecule is N#Cc1ccc(Cl)cc1NC(=O)C[NH+]1CC[NH+](Cc2ccc(Cl)cc2)CC1. The number of quaternary nitrogens is 2. The van der Waals surface area contributed by atoms with Gasteiger partial charge in [-0.25, -0.2) is 0 Å². The summed E-state index contributed by atoms with van der Waals surface area (Å²) in [6.45, 7) is 5.29. The van der Waals surface area contributed by atoms with Crippen LogP contribution in [0.1, 0.15) is 11.1 Å². The summed E-state index contributed by atoms with van der Waals surface area (Å²) in [6.07, 6.45) is 0. The molecule has 0 unspecified atom stereocenters. The summed E-state index contributed by atoms with van der Waals surface area (Å²) < 4.78 is 0. The van der Waals surface area contributed by atoms with Crippen LogP contribution in [0, 0.1) is 11.3 Å². The molecule has 27 heavy (non-hydrogen) atoms. The molecule has 1 aliphatic rings. The van der Waals surface area contributed by atoms with Crippen LogP contribution in [-0.4, -0.2) is 38.6 Å².